The highest BCUT2D eigenvalue weighted by atomic mass is 15.1. The van der Waals surface area contributed by atoms with Crippen molar-refractivity contribution >= 4 is 0 Å². The summed E-state index contributed by atoms with van der Waals surface area (Å²) in [6.07, 6.45) is 3.82. The molecule has 0 amide bonds. The Morgan fingerprint density at radius 2 is 1.85 bits per heavy atom. The molecule has 1 aliphatic carbocycles. The van der Waals surface area contributed by atoms with Crippen LogP contribution in [0.4, 0.5) is 0 Å². The number of rotatable bonds is 7. The number of benzene rings is 1. The molecule has 0 aromatic heterocycles. The monoisotopic (exact) mass is 274 g/mol. The third-order valence-electron chi connectivity index (χ3n) is 4.23. The zero-order chi connectivity index (χ0) is 14.6. The summed E-state index contributed by atoms with van der Waals surface area (Å²) in [5.74, 6) is 0.707. The molecule has 0 aliphatic heterocycles. The minimum atomic E-state index is 0.210. The van der Waals surface area contributed by atoms with Gasteiger partial charge in [-0.15, -0.1) is 0 Å². The van der Waals surface area contributed by atoms with Crippen molar-refractivity contribution in [2.45, 2.75) is 64.0 Å². The first-order valence-electron chi connectivity index (χ1n) is 8.02. The molecule has 1 saturated carbocycles. The quantitative estimate of drug-likeness (QED) is 0.741. The van der Waals surface area contributed by atoms with Crippen LogP contribution in [0.15, 0.2) is 30.3 Å². The molecule has 20 heavy (non-hydrogen) atoms. The molecule has 1 unspecified atom stereocenters. The van der Waals surface area contributed by atoms with Crippen molar-refractivity contribution in [1.82, 2.24) is 10.6 Å². The van der Waals surface area contributed by atoms with Crippen LogP contribution in [0.1, 0.15) is 58.4 Å². The van der Waals surface area contributed by atoms with E-state index in [1.54, 1.807) is 0 Å². The van der Waals surface area contributed by atoms with Crippen LogP contribution in [0.5, 0.6) is 0 Å². The van der Waals surface area contributed by atoms with Crippen LogP contribution in [-0.2, 0) is 0 Å². The molecule has 0 bridgehead atoms. The Labute approximate surface area is 124 Å². The molecule has 0 spiro atoms. The van der Waals surface area contributed by atoms with Gasteiger partial charge in [-0.25, -0.2) is 0 Å². The molecule has 2 rings (SSSR count). The van der Waals surface area contributed by atoms with E-state index < -0.39 is 0 Å². The fraction of sp³-hybridized carbons (Fsp3) is 0.667. The maximum Gasteiger partial charge on any atom is 0.0257 e. The lowest BCUT2D eigenvalue weighted by molar-refractivity contribution is 0.391. The molecule has 2 nitrogen and oxygen atoms in total. The average molecular weight is 274 g/mol. The first kappa shape index (κ1) is 15.5. The zero-order valence-electron chi connectivity index (χ0n) is 13.5. The molecule has 1 fully saturated rings. The fourth-order valence-corrected chi connectivity index (χ4v) is 3.18. The lowest BCUT2D eigenvalue weighted by Gasteiger charge is -2.23. The van der Waals surface area contributed by atoms with Crippen LogP contribution in [0.25, 0.3) is 0 Å². The number of hydrogen-bond donors (Lipinski definition) is 2. The molecule has 0 heterocycles. The molecule has 0 saturated heterocycles. The van der Waals surface area contributed by atoms with Crippen molar-refractivity contribution in [3.05, 3.63) is 35.9 Å². The number of nitrogens with one attached hydrogen (secondary N) is 2. The highest BCUT2D eigenvalue weighted by Gasteiger charge is 2.53. The highest BCUT2D eigenvalue weighted by Crippen LogP contribution is 2.53. The smallest absolute Gasteiger partial charge is 0.0257 e. The molecule has 2 heteroatoms. The Bertz CT molecular complexity index is 407. The molecule has 0 radical (unpaired) electrons. The second kappa shape index (κ2) is 6.28. The van der Waals surface area contributed by atoms with Gasteiger partial charge in [0.05, 0.1) is 0 Å². The summed E-state index contributed by atoms with van der Waals surface area (Å²) in [7, 11) is 0. The van der Waals surface area contributed by atoms with Gasteiger partial charge in [-0.2, -0.15) is 0 Å². The second-order valence-electron chi connectivity index (χ2n) is 7.18. The predicted molar refractivity (Wildman–Crippen MR) is 87.2 cm³/mol. The van der Waals surface area contributed by atoms with Crippen LogP contribution in [-0.4, -0.2) is 24.2 Å². The lowest BCUT2D eigenvalue weighted by Crippen LogP contribution is -2.43. The predicted octanol–water partition coefficient (Wildman–Crippen LogP) is 3.69. The molecule has 1 aromatic carbocycles. The first-order chi connectivity index (χ1) is 9.47. The van der Waals surface area contributed by atoms with Crippen molar-refractivity contribution in [3.63, 3.8) is 0 Å². The van der Waals surface area contributed by atoms with E-state index >= 15 is 0 Å². The topological polar surface area (TPSA) is 24.1 Å². The van der Waals surface area contributed by atoms with E-state index in [2.05, 4.69) is 68.7 Å². The van der Waals surface area contributed by atoms with Crippen LogP contribution in [0, 0.1) is 0 Å². The largest absolute Gasteiger partial charge is 0.311 e. The van der Waals surface area contributed by atoms with Gasteiger partial charge in [0.1, 0.15) is 0 Å². The van der Waals surface area contributed by atoms with Gasteiger partial charge in [-0.05, 0) is 39.2 Å². The third-order valence-corrected chi connectivity index (χ3v) is 4.23. The van der Waals surface area contributed by atoms with E-state index in [4.69, 9.17) is 0 Å². The van der Waals surface area contributed by atoms with Crippen molar-refractivity contribution < 1.29 is 0 Å². The Morgan fingerprint density at radius 1 is 1.15 bits per heavy atom. The fourth-order valence-electron chi connectivity index (χ4n) is 3.18. The minimum absolute atomic E-state index is 0.210. The summed E-state index contributed by atoms with van der Waals surface area (Å²) >= 11 is 0. The van der Waals surface area contributed by atoms with Gasteiger partial charge in [0.2, 0.25) is 0 Å². The van der Waals surface area contributed by atoms with E-state index in [1.807, 2.05) is 0 Å². The Kier molecular flexibility index (Phi) is 4.87. The van der Waals surface area contributed by atoms with Crippen LogP contribution in [0.2, 0.25) is 0 Å². The zero-order valence-corrected chi connectivity index (χ0v) is 13.5. The SMILES string of the molecule is CCC[C@@]1(NCCNC(C)(C)C)CC1c1ccccc1. The molecule has 112 valence electrons. The van der Waals surface area contributed by atoms with Gasteiger partial charge in [-0.1, -0.05) is 43.7 Å². The van der Waals surface area contributed by atoms with Gasteiger partial charge >= 0.3 is 0 Å². The van der Waals surface area contributed by atoms with Crippen LogP contribution < -0.4 is 10.6 Å². The van der Waals surface area contributed by atoms with E-state index in [0.29, 0.717) is 11.5 Å². The normalized spacial score (nSPS) is 25.7. The van der Waals surface area contributed by atoms with Gasteiger partial charge in [0, 0.05) is 30.1 Å². The Hall–Kier alpha value is -0.860. The summed E-state index contributed by atoms with van der Waals surface area (Å²) in [5, 5.41) is 7.39. The van der Waals surface area contributed by atoms with Crippen molar-refractivity contribution in [2.75, 3.05) is 13.1 Å². The summed E-state index contributed by atoms with van der Waals surface area (Å²) in [4.78, 5) is 0. The van der Waals surface area contributed by atoms with Crippen molar-refractivity contribution in [1.29, 1.82) is 0 Å². The third kappa shape index (κ3) is 4.07. The van der Waals surface area contributed by atoms with Crippen molar-refractivity contribution in [3.8, 4) is 0 Å². The average Bonchev–Trinajstić information content (AvgIpc) is 3.10. The molecular formula is C18H30N2. The maximum atomic E-state index is 3.83. The lowest BCUT2D eigenvalue weighted by atomic mass is 10.0. The van der Waals surface area contributed by atoms with E-state index in [9.17, 15) is 0 Å². The summed E-state index contributed by atoms with van der Waals surface area (Å²) in [5.41, 5.74) is 2.06. The van der Waals surface area contributed by atoms with Crippen LogP contribution in [0.3, 0.4) is 0 Å². The molecule has 2 N–H and O–H groups in total. The molecule has 1 aromatic rings. The minimum Gasteiger partial charge on any atom is -0.311 e. The first-order valence-corrected chi connectivity index (χ1v) is 8.02. The van der Waals surface area contributed by atoms with Gasteiger partial charge in [-0.3, -0.25) is 0 Å². The highest BCUT2D eigenvalue weighted by molar-refractivity contribution is 5.33. The molecular weight excluding hydrogens is 244 g/mol. The summed E-state index contributed by atoms with van der Waals surface area (Å²) < 4.78 is 0. The summed E-state index contributed by atoms with van der Waals surface area (Å²) in [6.45, 7) is 11.0. The standard InChI is InChI=1S/C18H30N2/c1-5-11-18(20-13-12-19-17(2,3)4)14-16(18)15-9-7-6-8-10-15/h6-10,16,19-20H,5,11-14H2,1-4H3/t16?,18-/m1/s1. The second-order valence-corrected chi connectivity index (χ2v) is 7.18. The van der Waals surface area contributed by atoms with Crippen LogP contribution >= 0.6 is 0 Å². The van der Waals surface area contributed by atoms with E-state index in [-0.39, 0.29) is 5.54 Å². The molecule has 1 aliphatic rings. The maximum absolute atomic E-state index is 3.83. The summed E-state index contributed by atoms with van der Waals surface area (Å²) in [6, 6.07) is 11.0. The molecule has 2 atom stereocenters. The van der Waals surface area contributed by atoms with E-state index in [1.165, 1.54) is 24.8 Å². The van der Waals surface area contributed by atoms with Gasteiger partial charge in [0.15, 0.2) is 0 Å². The number of hydrogen-bond acceptors (Lipinski definition) is 2. The van der Waals surface area contributed by atoms with Gasteiger partial charge in [0.25, 0.3) is 0 Å². The van der Waals surface area contributed by atoms with Crippen molar-refractivity contribution in [2.24, 2.45) is 0 Å². The van der Waals surface area contributed by atoms with Gasteiger partial charge < -0.3 is 10.6 Å². The Morgan fingerprint density at radius 3 is 2.45 bits per heavy atom. The van der Waals surface area contributed by atoms with E-state index in [0.717, 1.165) is 13.1 Å². The Balaban J connectivity index is 1.86.